The number of amides is 1. The molecule has 0 saturated carbocycles. The lowest BCUT2D eigenvalue weighted by Crippen LogP contribution is -2.51. The maximum Gasteiger partial charge on any atom is 0.307 e. The van der Waals surface area contributed by atoms with Crippen LogP contribution < -0.4 is 10.0 Å². The quantitative estimate of drug-likeness (QED) is 0.603. The van der Waals surface area contributed by atoms with E-state index in [9.17, 15) is 18.0 Å². The fourth-order valence-electron chi connectivity index (χ4n) is 2.14. The van der Waals surface area contributed by atoms with Gasteiger partial charge in [-0.1, -0.05) is 0 Å². The highest BCUT2D eigenvalue weighted by atomic mass is 32.2. The van der Waals surface area contributed by atoms with Gasteiger partial charge in [0, 0.05) is 26.7 Å². The molecular weight excluding hydrogens is 298 g/mol. The minimum absolute atomic E-state index is 0.0366. The summed E-state index contributed by atoms with van der Waals surface area (Å²) in [6.45, 7) is 3.46. The number of carboxylic acids is 1. The molecule has 9 heteroatoms. The zero-order valence-corrected chi connectivity index (χ0v) is 13.4. The summed E-state index contributed by atoms with van der Waals surface area (Å²) in [5.41, 5.74) is -0.885. The van der Waals surface area contributed by atoms with Crippen LogP contribution in [0.2, 0.25) is 0 Å². The number of aliphatic carboxylic acids is 1. The van der Waals surface area contributed by atoms with Crippen LogP contribution in [0.25, 0.3) is 0 Å². The SMILES string of the molecule is CNC(=O)C(C)(C)CNS(=O)(=O)N1CCCC(C(=O)O)C1. The van der Waals surface area contributed by atoms with Gasteiger partial charge in [0.1, 0.15) is 0 Å². The maximum atomic E-state index is 12.2. The molecule has 8 nitrogen and oxygen atoms in total. The Morgan fingerprint density at radius 3 is 2.52 bits per heavy atom. The highest BCUT2D eigenvalue weighted by molar-refractivity contribution is 7.87. The van der Waals surface area contributed by atoms with E-state index in [0.717, 1.165) is 4.31 Å². The molecule has 1 rings (SSSR count). The molecule has 1 unspecified atom stereocenters. The summed E-state index contributed by atoms with van der Waals surface area (Å²) in [4.78, 5) is 22.6. The van der Waals surface area contributed by atoms with Crippen molar-refractivity contribution in [3.63, 3.8) is 0 Å². The molecule has 0 radical (unpaired) electrons. The van der Waals surface area contributed by atoms with Gasteiger partial charge in [-0.3, -0.25) is 9.59 Å². The van der Waals surface area contributed by atoms with Crippen molar-refractivity contribution in [2.45, 2.75) is 26.7 Å². The summed E-state index contributed by atoms with van der Waals surface area (Å²) in [6.07, 6.45) is 0.988. The van der Waals surface area contributed by atoms with Crippen LogP contribution in [-0.4, -0.2) is 56.4 Å². The minimum atomic E-state index is -3.78. The van der Waals surface area contributed by atoms with E-state index in [4.69, 9.17) is 5.11 Å². The first-order valence-corrected chi connectivity index (χ1v) is 8.24. The van der Waals surface area contributed by atoms with Crippen molar-refractivity contribution in [3.05, 3.63) is 0 Å². The third-order valence-corrected chi connectivity index (χ3v) is 5.13. The van der Waals surface area contributed by atoms with Crippen molar-refractivity contribution in [2.75, 3.05) is 26.7 Å². The standard InChI is InChI=1S/C12H23N3O5S/c1-12(2,11(18)13-3)8-14-21(19,20)15-6-4-5-9(7-15)10(16)17/h9,14H,4-8H2,1-3H3,(H,13,18)(H,16,17). The topological polar surface area (TPSA) is 116 Å². The van der Waals surface area contributed by atoms with E-state index in [-0.39, 0.29) is 19.0 Å². The van der Waals surface area contributed by atoms with Gasteiger partial charge in [0.15, 0.2) is 0 Å². The lowest BCUT2D eigenvalue weighted by Gasteiger charge is -2.31. The Kier molecular flexibility index (Phi) is 5.71. The molecule has 1 atom stereocenters. The average molecular weight is 321 g/mol. The zero-order valence-electron chi connectivity index (χ0n) is 12.5. The molecular formula is C12H23N3O5S. The summed E-state index contributed by atoms with van der Waals surface area (Å²) >= 11 is 0. The Morgan fingerprint density at radius 2 is 2.00 bits per heavy atom. The molecule has 3 N–H and O–H groups in total. The second-order valence-corrected chi connectivity index (χ2v) is 7.58. The molecule has 0 aromatic carbocycles. The molecule has 1 saturated heterocycles. The normalized spacial score (nSPS) is 21.0. The first-order chi connectivity index (χ1) is 9.60. The van der Waals surface area contributed by atoms with Crippen molar-refractivity contribution in [1.29, 1.82) is 0 Å². The largest absolute Gasteiger partial charge is 0.481 e. The third-order valence-electron chi connectivity index (χ3n) is 3.61. The predicted octanol–water partition coefficient (Wildman–Crippen LogP) is -0.610. The van der Waals surface area contributed by atoms with Gasteiger partial charge in [0.25, 0.3) is 10.2 Å². The summed E-state index contributed by atoms with van der Waals surface area (Å²) in [5, 5.41) is 11.5. The Balaban J connectivity index is 2.69. The molecule has 1 aliphatic rings. The molecule has 0 aromatic rings. The van der Waals surface area contributed by atoms with E-state index in [2.05, 4.69) is 10.0 Å². The number of nitrogens with zero attached hydrogens (tertiary/aromatic N) is 1. The summed E-state index contributed by atoms with van der Waals surface area (Å²) in [7, 11) is -2.30. The van der Waals surface area contributed by atoms with Crippen molar-refractivity contribution < 1.29 is 23.1 Å². The second-order valence-electron chi connectivity index (χ2n) is 5.82. The van der Waals surface area contributed by atoms with Crippen LogP contribution in [0.1, 0.15) is 26.7 Å². The maximum absolute atomic E-state index is 12.2. The highest BCUT2D eigenvalue weighted by Crippen LogP contribution is 2.20. The molecule has 0 spiro atoms. The minimum Gasteiger partial charge on any atom is -0.481 e. The van der Waals surface area contributed by atoms with Crippen molar-refractivity contribution in [2.24, 2.45) is 11.3 Å². The smallest absolute Gasteiger partial charge is 0.307 e. The van der Waals surface area contributed by atoms with E-state index in [1.54, 1.807) is 13.8 Å². The molecule has 1 aliphatic heterocycles. The van der Waals surface area contributed by atoms with E-state index in [0.29, 0.717) is 19.4 Å². The van der Waals surface area contributed by atoms with Gasteiger partial charge in [-0.05, 0) is 26.7 Å². The molecule has 1 heterocycles. The molecule has 0 aliphatic carbocycles. The number of rotatable bonds is 6. The Hall–Kier alpha value is -1.19. The lowest BCUT2D eigenvalue weighted by atomic mass is 9.93. The number of hydrogen-bond acceptors (Lipinski definition) is 4. The summed E-state index contributed by atoms with van der Waals surface area (Å²) in [5.74, 6) is -1.94. The van der Waals surface area contributed by atoms with Gasteiger partial charge >= 0.3 is 5.97 Å². The van der Waals surface area contributed by atoms with Crippen LogP contribution in [0.4, 0.5) is 0 Å². The molecule has 122 valence electrons. The van der Waals surface area contributed by atoms with Crippen molar-refractivity contribution in [1.82, 2.24) is 14.3 Å². The summed E-state index contributed by atoms with van der Waals surface area (Å²) < 4.78 is 27.9. The zero-order chi connectivity index (χ0) is 16.3. The van der Waals surface area contributed by atoms with Crippen LogP contribution in [0.15, 0.2) is 0 Å². The number of piperidine rings is 1. The first kappa shape index (κ1) is 17.9. The third kappa shape index (κ3) is 4.65. The average Bonchev–Trinajstić information content (AvgIpc) is 2.44. The fourth-order valence-corrected chi connectivity index (χ4v) is 3.62. The number of nitrogens with one attached hydrogen (secondary N) is 2. The molecule has 1 fully saturated rings. The molecule has 0 aromatic heterocycles. The monoisotopic (exact) mass is 321 g/mol. The number of hydrogen-bond donors (Lipinski definition) is 3. The van der Waals surface area contributed by atoms with Crippen LogP contribution in [-0.2, 0) is 19.8 Å². The van der Waals surface area contributed by atoms with Crippen LogP contribution in [0.3, 0.4) is 0 Å². The Morgan fingerprint density at radius 1 is 1.38 bits per heavy atom. The molecule has 1 amide bonds. The number of carbonyl (C=O) groups excluding carboxylic acids is 1. The Labute approximate surface area is 125 Å². The highest BCUT2D eigenvalue weighted by Gasteiger charge is 2.34. The van der Waals surface area contributed by atoms with E-state index in [1.807, 2.05) is 0 Å². The van der Waals surface area contributed by atoms with Crippen LogP contribution in [0.5, 0.6) is 0 Å². The van der Waals surface area contributed by atoms with E-state index in [1.165, 1.54) is 7.05 Å². The van der Waals surface area contributed by atoms with Gasteiger partial charge in [-0.25, -0.2) is 4.72 Å². The van der Waals surface area contributed by atoms with Crippen molar-refractivity contribution in [3.8, 4) is 0 Å². The van der Waals surface area contributed by atoms with Gasteiger partial charge in [-0.2, -0.15) is 12.7 Å². The van der Waals surface area contributed by atoms with Gasteiger partial charge in [0.2, 0.25) is 5.91 Å². The Bertz CT molecular complexity index is 503. The van der Waals surface area contributed by atoms with Gasteiger partial charge in [-0.15, -0.1) is 0 Å². The lowest BCUT2D eigenvalue weighted by molar-refractivity contribution is -0.142. The predicted molar refractivity (Wildman–Crippen MR) is 76.7 cm³/mol. The van der Waals surface area contributed by atoms with Gasteiger partial charge < -0.3 is 10.4 Å². The first-order valence-electron chi connectivity index (χ1n) is 6.80. The summed E-state index contributed by atoms with van der Waals surface area (Å²) in [6, 6.07) is 0. The number of carbonyl (C=O) groups is 2. The van der Waals surface area contributed by atoms with Crippen molar-refractivity contribution >= 4 is 22.1 Å². The van der Waals surface area contributed by atoms with E-state index >= 15 is 0 Å². The second kappa shape index (κ2) is 6.71. The molecule has 21 heavy (non-hydrogen) atoms. The fraction of sp³-hybridized carbons (Fsp3) is 0.833. The van der Waals surface area contributed by atoms with Gasteiger partial charge in [0.05, 0.1) is 11.3 Å². The van der Waals surface area contributed by atoms with E-state index < -0.39 is 27.5 Å². The van der Waals surface area contributed by atoms with Crippen LogP contribution in [0, 0.1) is 11.3 Å². The number of carboxylic acid groups (broad SMARTS) is 1. The van der Waals surface area contributed by atoms with Crippen LogP contribution >= 0.6 is 0 Å². The molecule has 0 bridgehead atoms.